The maximum absolute atomic E-state index is 13.8. The number of methoxy groups -OCH3 is 1. The summed E-state index contributed by atoms with van der Waals surface area (Å²) in [5.74, 6) is -0.379. The summed E-state index contributed by atoms with van der Waals surface area (Å²) >= 11 is 0. The zero-order chi connectivity index (χ0) is 18.2. The van der Waals surface area contributed by atoms with Gasteiger partial charge in [-0.15, -0.1) is 0 Å². The van der Waals surface area contributed by atoms with Crippen LogP contribution in [0, 0.1) is 24.1 Å². The lowest BCUT2D eigenvalue weighted by atomic mass is 9.78. The number of carbonyl (C=O) groups excluding carboxylic acids is 2. The van der Waals surface area contributed by atoms with E-state index in [0.717, 1.165) is 6.42 Å². The summed E-state index contributed by atoms with van der Waals surface area (Å²) in [7, 11) is 1.62. The number of hydrogen-bond acceptors (Lipinski definition) is 3. The Hall–Kier alpha value is -1.95. The number of likely N-dealkylation sites (tertiary alicyclic amines) is 2. The van der Waals surface area contributed by atoms with Gasteiger partial charge < -0.3 is 14.5 Å². The van der Waals surface area contributed by atoms with Crippen LogP contribution in [0.25, 0.3) is 0 Å². The lowest BCUT2D eigenvalue weighted by Gasteiger charge is -2.26. The van der Waals surface area contributed by atoms with E-state index in [9.17, 15) is 14.0 Å². The third-order valence-corrected chi connectivity index (χ3v) is 5.72. The maximum atomic E-state index is 13.8. The van der Waals surface area contributed by atoms with E-state index >= 15 is 0 Å². The number of ether oxygens (including phenoxy) is 1. The smallest absolute Gasteiger partial charge is 0.253 e. The molecule has 6 heteroatoms. The van der Waals surface area contributed by atoms with E-state index in [4.69, 9.17) is 4.74 Å². The van der Waals surface area contributed by atoms with Crippen molar-refractivity contribution in [2.45, 2.75) is 20.3 Å². The van der Waals surface area contributed by atoms with Gasteiger partial charge in [-0.2, -0.15) is 0 Å². The zero-order valence-electron chi connectivity index (χ0n) is 15.0. The first-order valence-corrected chi connectivity index (χ1v) is 8.73. The van der Waals surface area contributed by atoms with Crippen molar-refractivity contribution in [1.29, 1.82) is 0 Å². The Balaban J connectivity index is 1.76. The van der Waals surface area contributed by atoms with Crippen LogP contribution in [0.3, 0.4) is 0 Å². The first-order chi connectivity index (χ1) is 11.9. The van der Waals surface area contributed by atoms with Crippen molar-refractivity contribution in [2.24, 2.45) is 11.3 Å². The number of rotatable bonds is 4. The van der Waals surface area contributed by atoms with Crippen molar-refractivity contribution in [3.63, 3.8) is 0 Å². The monoisotopic (exact) mass is 348 g/mol. The Kier molecular flexibility index (Phi) is 4.82. The highest BCUT2D eigenvalue weighted by Gasteiger charge is 2.55. The van der Waals surface area contributed by atoms with Crippen LogP contribution in [0.1, 0.15) is 29.3 Å². The SMILES string of the molecule is COCCN1CC[C@]2(CN(C(=O)c3ccc(C)c(F)c3)C[C@H]2C)C1=O. The molecule has 2 heterocycles. The van der Waals surface area contributed by atoms with Gasteiger partial charge in [-0.25, -0.2) is 4.39 Å². The van der Waals surface area contributed by atoms with Crippen LogP contribution in [-0.2, 0) is 9.53 Å². The fourth-order valence-corrected chi connectivity index (χ4v) is 4.01. The molecule has 0 aromatic heterocycles. The molecule has 25 heavy (non-hydrogen) atoms. The number of hydrogen-bond donors (Lipinski definition) is 0. The molecule has 0 unspecified atom stereocenters. The van der Waals surface area contributed by atoms with Crippen LogP contribution >= 0.6 is 0 Å². The standard InChI is InChI=1S/C19H25FN2O3/c1-13-4-5-15(10-16(13)20)17(23)22-11-14(2)19(12-22)6-7-21(18(19)24)8-9-25-3/h4-5,10,14H,6-9,11-12H2,1-3H3/t14-,19-/m1/s1. The van der Waals surface area contributed by atoms with Crippen molar-refractivity contribution >= 4 is 11.8 Å². The highest BCUT2D eigenvalue weighted by molar-refractivity contribution is 5.96. The van der Waals surface area contributed by atoms with E-state index in [-0.39, 0.29) is 23.5 Å². The number of carbonyl (C=O) groups is 2. The Labute approximate surface area is 147 Å². The normalized spacial score (nSPS) is 26.1. The van der Waals surface area contributed by atoms with Gasteiger partial charge in [0.1, 0.15) is 5.82 Å². The number of aryl methyl sites for hydroxylation is 1. The van der Waals surface area contributed by atoms with Crippen molar-refractivity contribution in [1.82, 2.24) is 9.80 Å². The van der Waals surface area contributed by atoms with Gasteiger partial charge in [-0.3, -0.25) is 9.59 Å². The molecule has 1 aromatic carbocycles. The highest BCUT2D eigenvalue weighted by Crippen LogP contribution is 2.44. The fourth-order valence-electron chi connectivity index (χ4n) is 4.01. The summed E-state index contributed by atoms with van der Waals surface area (Å²) < 4.78 is 18.9. The van der Waals surface area contributed by atoms with E-state index in [2.05, 4.69) is 0 Å². The highest BCUT2D eigenvalue weighted by atomic mass is 19.1. The summed E-state index contributed by atoms with van der Waals surface area (Å²) in [6, 6.07) is 4.55. The molecular weight excluding hydrogens is 323 g/mol. The van der Waals surface area contributed by atoms with Gasteiger partial charge in [0.2, 0.25) is 5.91 Å². The second-order valence-electron chi connectivity index (χ2n) is 7.24. The Morgan fingerprint density at radius 3 is 2.88 bits per heavy atom. The molecule has 0 saturated carbocycles. The van der Waals surface area contributed by atoms with Gasteiger partial charge in [0.25, 0.3) is 5.91 Å². The Morgan fingerprint density at radius 2 is 2.20 bits per heavy atom. The molecule has 1 aromatic rings. The Bertz CT molecular complexity index is 693. The van der Waals surface area contributed by atoms with Crippen LogP contribution in [0.15, 0.2) is 18.2 Å². The van der Waals surface area contributed by atoms with Crippen molar-refractivity contribution in [3.8, 4) is 0 Å². The van der Waals surface area contributed by atoms with E-state index < -0.39 is 5.41 Å². The van der Waals surface area contributed by atoms with Crippen LogP contribution < -0.4 is 0 Å². The van der Waals surface area contributed by atoms with E-state index in [1.807, 2.05) is 11.8 Å². The van der Waals surface area contributed by atoms with Gasteiger partial charge in [0.05, 0.1) is 12.0 Å². The summed E-state index contributed by atoms with van der Waals surface area (Å²) in [4.78, 5) is 29.2. The first kappa shape index (κ1) is 17.9. The largest absolute Gasteiger partial charge is 0.383 e. The minimum Gasteiger partial charge on any atom is -0.383 e. The van der Waals surface area contributed by atoms with Crippen LogP contribution in [-0.4, -0.2) is 61.5 Å². The molecule has 0 N–H and O–H groups in total. The van der Waals surface area contributed by atoms with Crippen molar-refractivity contribution < 1.29 is 18.7 Å². The predicted octanol–water partition coefficient (Wildman–Crippen LogP) is 2.09. The second kappa shape index (κ2) is 6.75. The van der Waals surface area contributed by atoms with E-state index in [0.29, 0.717) is 43.9 Å². The second-order valence-corrected chi connectivity index (χ2v) is 7.24. The van der Waals surface area contributed by atoms with Gasteiger partial charge in [-0.05, 0) is 37.0 Å². The molecule has 2 aliphatic rings. The van der Waals surface area contributed by atoms with Crippen molar-refractivity contribution in [2.75, 3.05) is 39.9 Å². The summed E-state index contributed by atoms with van der Waals surface area (Å²) in [5, 5.41) is 0. The predicted molar refractivity (Wildman–Crippen MR) is 91.7 cm³/mol. The van der Waals surface area contributed by atoms with Gasteiger partial charge in [-0.1, -0.05) is 13.0 Å². The number of halogens is 1. The quantitative estimate of drug-likeness (QED) is 0.837. The molecule has 5 nitrogen and oxygen atoms in total. The minimum absolute atomic E-state index is 0.0896. The van der Waals surface area contributed by atoms with Crippen molar-refractivity contribution in [3.05, 3.63) is 35.1 Å². The lowest BCUT2D eigenvalue weighted by molar-refractivity contribution is -0.137. The van der Waals surface area contributed by atoms with Gasteiger partial charge in [0.15, 0.2) is 0 Å². The molecule has 2 atom stereocenters. The third-order valence-electron chi connectivity index (χ3n) is 5.72. The number of amides is 2. The summed E-state index contributed by atoms with van der Waals surface area (Å²) in [6.45, 7) is 6.43. The molecule has 0 radical (unpaired) electrons. The molecular formula is C19H25FN2O3. The molecule has 2 amide bonds. The average molecular weight is 348 g/mol. The molecule has 3 rings (SSSR count). The van der Waals surface area contributed by atoms with Gasteiger partial charge >= 0.3 is 0 Å². The fraction of sp³-hybridized carbons (Fsp3) is 0.579. The molecule has 0 aliphatic carbocycles. The third kappa shape index (κ3) is 3.03. The van der Waals surface area contributed by atoms with E-state index in [1.54, 1.807) is 31.1 Å². The zero-order valence-corrected chi connectivity index (χ0v) is 15.0. The molecule has 0 bridgehead atoms. The summed E-state index contributed by atoms with van der Waals surface area (Å²) in [6.07, 6.45) is 0.753. The molecule has 2 saturated heterocycles. The minimum atomic E-state index is -0.507. The molecule has 2 aliphatic heterocycles. The molecule has 2 fully saturated rings. The average Bonchev–Trinajstić information content (AvgIpc) is 3.09. The topological polar surface area (TPSA) is 49.9 Å². The first-order valence-electron chi connectivity index (χ1n) is 8.73. The summed E-state index contributed by atoms with van der Waals surface area (Å²) in [5.41, 5.74) is 0.351. The van der Waals surface area contributed by atoms with Gasteiger partial charge in [0, 0.05) is 38.9 Å². The van der Waals surface area contributed by atoms with E-state index in [1.165, 1.54) is 6.07 Å². The molecule has 1 spiro atoms. The van der Waals surface area contributed by atoms with Crippen LogP contribution in [0.5, 0.6) is 0 Å². The number of benzene rings is 1. The number of nitrogens with zero attached hydrogens (tertiary/aromatic N) is 2. The molecule has 136 valence electrons. The Morgan fingerprint density at radius 1 is 1.44 bits per heavy atom. The van der Waals surface area contributed by atoms with Crippen LogP contribution in [0.4, 0.5) is 4.39 Å². The van der Waals surface area contributed by atoms with Crippen LogP contribution in [0.2, 0.25) is 0 Å². The lowest BCUT2D eigenvalue weighted by Crippen LogP contribution is -2.41. The maximum Gasteiger partial charge on any atom is 0.253 e.